The molecular weight excluding hydrogens is 368 g/mol. The summed E-state index contributed by atoms with van der Waals surface area (Å²) in [6.07, 6.45) is 2.23. The van der Waals surface area contributed by atoms with E-state index in [1.807, 2.05) is 13.8 Å². The molecule has 0 bridgehead atoms. The minimum Gasteiger partial charge on any atom is -0.451 e. The van der Waals surface area contributed by atoms with Crippen molar-refractivity contribution in [1.29, 1.82) is 0 Å². The number of rotatable bonds is 5. The summed E-state index contributed by atoms with van der Waals surface area (Å²) in [4.78, 5) is 38.4. The van der Waals surface area contributed by atoms with Gasteiger partial charge in [-0.1, -0.05) is 6.92 Å². The Morgan fingerprint density at radius 1 is 1.33 bits per heavy atom. The van der Waals surface area contributed by atoms with Gasteiger partial charge in [-0.25, -0.2) is 4.79 Å². The van der Waals surface area contributed by atoms with E-state index in [2.05, 4.69) is 0 Å². The lowest BCUT2D eigenvalue weighted by atomic mass is 10.0. The summed E-state index contributed by atoms with van der Waals surface area (Å²) in [5.41, 5.74) is 2.46. The Hall–Kier alpha value is -2.74. The summed E-state index contributed by atoms with van der Waals surface area (Å²) in [6.45, 7) is 4.11. The first-order chi connectivity index (χ1) is 12.9. The number of esters is 1. The van der Waals surface area contributed by atoms with Gasteiger partial charge in [-0.3, -0.25) is 14.9 Å². The summed E-state index contributed by atoms with van der Waals surface area (Å²) in [5.74, 6) is -0.834. The summed E-state index contributed by atoms with van der Waals surface area (Å²) >= 11 is 1.38. The fourth-order valence-electron chi connectivity index (χ4n) is 3.20. The summed E-state index contributed by atoms with van der Waals surface area (Å²) in [5, 5.41) is 10.9. The van der Waals surface area contributed by atoms with Crippen molar-refractivity contribution in [3.8, 4) is 0 Å². The Labute approximate surface area is 160 Å². The second-order valence-corrected chi connectivity index (χ2v) is 7.50. The molecule has 7 nitrogen and oxygen atoms in total. The molecule has 142 valence electrons. The number of nitro groups is 1. The van der Waals surface area contributed by atoms with Crippen molar-refractivity contribution < 1.29 is 19.2 Å². The number of thiophene rings is 1. The van der Waals surface area contributed by atoms with Crippen LogP contribution in [-0.2, 0) is 22.4 Å². The molecule has 0 saturated carbocycles. The predicted octanol–water partition coefficient (Wildman–Crippen LogP) is 3.66. The van der Waals surface area contributed by atoms with Crippen LogP contribution in [0.1, 0.15) is 39.0 Å². The van der Waals surface area contributed by atoms with Gasteiger partial charge >= 0.3 is 5.97 Å². The highest BCUT2D eigenvalue weighted by atomic mass is 32.1. The SMILES string of the molecule is CCc1sc(C(=O)OCC(=O)N2CCCc3cc([N+](=O)[O-])ccc32)cc1C. The normalized spacial score (nSPS) is 13.2. The minimum absolute atomic E-state index is 0.00858. The maximum Gasteiger partial charge on any atom is 0.348 e. The molecule has 1 amide bonds. The maximum atomic E-state index is 12.6. The molecule has 8 heteroatoms. The van der Waals surface area contributed by atoms with Crippen molar-refractivity contribution in [2.75, 3.05) is 18.1 Å². The van der Waals surface area contributed by atoms with Crippen LogP contribution in [0.2, 0.25) is 0 Å². The second-order valence-electron chi connectivity index (χ2n) is 6.37. The highest BCUT2D eigenvalue weighted by Gasteiger charge is 2.25. The third kappa shape index (κ3) is 4.00. The van der Waals surface area contributed by atoms with Gasteiger partial charge in [0.2, 0.25) is 0 Å². The maximum absolute atomic E-state index is 12.6. The van der Waals surface area contributed by atoms with Crippen LogP contribution >= 0.6 is 11.3 Å². The van der Waals surface area contributed by atoms with Crippen LogP contribution < -0.4 is 4.90 Å². The third-order valence-electron chi connectivity index (χ3n) is 4.56. The van der Waals surface area contributed by atoms with E-state index in [0.29, 0.717) is 30.0 Å². The number of nitro benzene ring substituents is 1. The van der Waals surface area contributed by atoms with E-state index >= 15 is 0 Å². The zero-order chi connectivity index (χ0) is 19.6. The number of nitrogens with zero attached hydrogens (tertiary/aromatic N) is 2. The lowest BCUT2D eigenvalue weighted by molar-refractivity contribution is -0.384. The number of aryl methyl sites for hydroxylation is 3. The van der Waals surface area contributed by atoms with Crippen LogP contribution in [0.4, 0.5) is 11.4 Å². The first kappa shape index (κ1) is 19.0. The number of fused-ring (bicyclic) bond motifs is 1. The molecule has 2 heterocycles. The number of hydrogen-bond donors (Lipinski definition) is 0. The highest BCUT2D eigenvalue weighted by Crippen LogP contribution is 2.30. The van der Waals surface area contributed by atoms with E-state index in [1.54, 1.807) is 12.1 Å². The van der Waals surface area contributed by atoms with Crippen LogP contribution in [0.3, 0.4) is 0 Å². The standard InChI is InChI=1S/C19H20N2O5S/c1-3-16-12(2)9-17(27-16)19(23)26-11-18(22)20-8-4-5-13-10-14(21(24)25)6-7-15(13)20/h6-7,9-10H,3-5,8,11H2,1-2H3. The molecule has 0 saturated heterocycles. The molecule has 1 aliphatic rings. The van der Waals surface area contributed by atoms with E-state index in [9.17, 15) is 19.7 Å². The summed E-state index contributed by atoms with van der Waals surface area (Å²) in [6, 6.07) is 6.26. The molecule has 0 N–H and O–H groups in total. The monoisotopic (exact) mass is 388 g/mol. The quantitative estimate of drug-likeness (QED) is 0.443. The molecular formula is C19H20N2O5S. The molecule has 1 aromatic carbocycles. The van der Waals surface area contributed by atoms with Crippen molar-refractivity contribution in [1.82, 2.24) is 0 Å². The average molecular weight is 388 g/mol. The third-order valence-corrected chi connectivity index (χ3v) is 5.92. The number of carbonyl (C=O) groups excluding carboxylic acids is 2. The average Bonchev–Trinajstić information content (AvgIpc) is 3.05. The Balaban J connectivity index is 1.68. The number of carbonyl (C=O) groups is 2. The van der Waals surface area contributed by atoms with Crippen molar-refractivity contribution >= 4 is 34.6 Å². The number of ether oxygens (including phenoxy) is 1. The molecule has 27 heavy (non-hydrogen) atoms. The van der Waals surface area contributed by atoms with Crippen molar-refractivity contribution in [2.24, 2.45) is 0 Å². The van der Waals surface area contributed by atoms with Gasteiger partial charge in [0.15, 0.2) is 6.61 Å². The van der Waals surface area contributed by atoms with Gasteiger partial charge in [-0.15, -0.1) is 11.3 Å². The fraction of sp³-hybridized carbons (Fsp3) is 0.368. The summed E-state index contributed by atoms with van der Waals surface area (Å²) in [7, 11) is 0. The first-order valence-electron chi connectivity index (χ1n) is 8.74. The lowest BCUT2D eigenvalue weighted by Crippen LogP contribution is -2.38. The van der Waals surface area contributed by atoms with Crippen LogP contribution in [0.25, 0.3) is 0 Å². The summed E-state index contributed by atoms with van der Waals surface area (Å²) < 4.78 is 5.20. The number of amides is 1. The highest BCUT2D eigenvalue weighted by molar-refractivity contribution is 7.14. The van der Waals surface area contributed by atoms with Crippen LogP contribution in [0, 0.1) is 17.0 Å². The molecule has 1 aliphatic heterocycles. The molecule has 1 aromatic heterocycles. The second kappa shape index (κ2) is 7.87. The van der Waals surface area contributed by atoms with Gasteiger partial charge in [-0.05, 0) is 49.4 Å². The minimum atomic E-state index is -0.503. The Morgan fingerprint density at radius 3 is 2.78 bits per heavy atom. The van der Waals surface area contributed by atoms with E-state index in [1.165, 1.54) is 28.4 Å². The van der Waals surface area contributed by atoms with Gasteiger partial charge in [0.25, 0.3) is 11.6 Å². The first-order valence-corrected chi connectivity index (χ1v) is 9.56. The van der Waals surface area contributed by atoms with E-state index in [0.717, 1.165) is 22.4 Å². The topological polar surface area (TPSA) is 89.8 Å². The van der Waals surface area contributed by atoms with E-state index < -0.39 is 10.9 Å². The zero-order valence-corrected chi connectivity index (χ0v) is 16.0. The zero-order valence-electron chi connectivity index (χ0n) is 15.2. The van der Waals surface area contributed by atoms with E-state index in [4.69, 9.17) is 4.74 Å². The molecule has 0 fully saturated rings. The lowest BCUT2D eigenvalue weighted by Gasteiger charge is -2.29. The smallest absolute Gasteiger partial charge is 0.348 e. The van der Waals surface area contributed by atoms with Gasteiger partial charge in [0.05, 0.1) is 4.92 Å². The van der Waals surface area contributed by atoms with Gasteiger partial charge in [0, 0.05) is 29.2 Å². The van der Waals surface area contributed by atoms with Crippen molar-refractivity contribution in [2.45, 2.75) is 33.1 Å². The molecule has 0 spiro atoms. The molecule has 0 aliphatic carbocycles. The molecule has 2 aromatic rings. The Morgan fingerprint density at radius 2 is 2.11 bits per heavy atom. The molecule has 0 atom stereocenters. The van der Waals surface area contributed by atoms with Crippen LogP contribution in [0.5, 0.6) is 0 Å². The number of anilines is 1. The molecule has 0 unspecified atom stereocenters. The number of benzene rings is 1. The van der Waals surface area contributed by atoms with Gasteiger partial charge in [0.1, 0.15) is 4.88 Å². The van der Waals surface area contributed by atoms with Crippen molar-refractivity contribution in [3.05, 3.63) is 55.3 Å². The molecule has 3 rings (SSSR count). The number of hydrogen-bond acceptors (Lipinski definition) is 6. The van der Waals surface area contributed by atoms with Crippen molar-refractivity contribution in [3.63, 3.8) is 0 Å². The molecule has 0 radical (unpaired) electrons. The van der Waals surface area contributed by atoms with Gasteiger partial charge < -0.3 is 9.64 Å². The fourth-order valence-corrected chi connectivity index (χ4v) is 4.21. The predicted molar refractivity (Wildman–Crippen MR) is 102 cm³/mol. The Bertz CT molecular complexity index is 906. The van der Waals surface area contributed by atoms with Crippen LogP contribution in [-0.4, -0.2) is 30.0 Å². The van der Waals surface area contributed by atoms with Gasteiger partial charge in [-0.2, -0.15) is 0 Å². The largest absolute Gasteiger partial charge is 0.451 e. The van der Waals surface area contributed by atoms with Crippen LogP contribution in [0.15, 0.2) is 24.3 Å². The number of non-ortho nitro benzene ring substituents is 1. The van der Waals surface area contributed by atoms with E-state index in [-0.39, 0.29) is 18.2 Å². The Kier molecular flexibility index (Phi) is 5.55.